The van der Waals surface area contributed by atoms with Gasteiger partial charge in [-0.05, 0) is 48.8 Å². The Hall–Kier alpha value is -1.69. The molecule has 0 unspecified atom stereocenters. The Balaban J connectivity index is 1.35. The van der Waals surface area contributed by atoms with E-state index in [2.05, 4.69) is 19.9 Å². The Bertz CT molecular complexity index is 1030. The molecule has 5 nitrogen and oxygen atoms in total. The van der Waals surface area contributed by atoms with Gasteiger partial charge in [0, 0.05) is 46.7 Å². The van der Waals surface area contributed by atoms with Gasteiger partial charge >= 0.3 is 0 Å². The molecule has 6 rings (SSSR count). The number of carbonyl (C=O) groups is 2. The van der Waals surface area contributed by atoms with Gasteiger partial charge in [-0.1, -0.05) is 43.7 Å². The largest absolute Gasteiger partial charge is 0.347 e. The van der Waals surface area contributed by atoms with Crippen LogP contribution in [0.3, 0.4) is 0 Å². The van der Waals surface area contributed by atoms with Gasteiger partial charge in [0.2, 0.25) is 5.91 Å². The number of ether oxygens (including phenoxy) is 2. The second kappa shape index (κ2) is 7.40. The zero-order valence-electron chi connectivity index (χ0n) is 19.4. The fraction of sp³-hybridized carbons (Fsp3) is 0.630. The Labute approximate surface area is 200 Å². The van der Waals surface area contributed by atoms with E-state index in [0.29, 0.717) is 49.3 Å². The van der Waals surface area contributed by atoms with E-state index in [0.717, 1.165) is 36.9 Å². The average molecular weight is 470 g/mol. The van der Waals surface area contributed by atoms with Crippen molar-refractivity contribution in [3.8, 4) is 0 Å². The smallest absolute Gasteiger partial charge is 0.227 e. The van der Waals surface area contributed by atoms with E-state index >= 15 is 0 Å². The predicted molar refractivity (Wildman–Crippen MR) is 124 cm³/mol. The predicted octanol–water partition coefficient (Wildman–Crippen LogP) is 5.12. The summed E-state index contributed by atoms with van der Waals surface area (Å²) in [4.78, 5) is 28.9. The molecule has 0 N–H and O–H groups in total. The second-order valence-corrected chi connectivity index (χ2v) is 11.6. The highest BCUT2D eigenvalue weighted by atomic mass is 35.5. The molecule has 2 saturated heterocycles. The molecule has 1 amide bonds. The Morgan fingerprint density at radius 3 is 2.55 bits per heavy atom. The lowest BCUT2D eigenvalue weighted by atomic mass is 9.49. The summed E-state index contributed by atoms with van der Waals surface area (Å²) in [5, 5.41) is 0.689. The third-order valence-corrected chi connectivity index (χ3v) is 9.87. The van der Waals surface area contributed by atoms with Gasteiger partial charge in [-0.3, -0.25) is 9.59 Å². The summed E-state index contributed by atoms with van der Waals surface area (Å²) in [7, 11) is 0. The molecule has 5 aliphatic rings. The lowest BCUT2D eigenvalue weighted by Gasteiger charge is -2.58. The van der Waals surface area contributed by atoms with Crippen LogP contribution in [0.2, 0.25) is 5.02 Å². The maximum Gasteiger partial charge on any atom is 0.227 e. The fourth-order valence-corrected chi connectivity index (χ4v) is 8.23. The van der Waals surface area contributed by atoms with Crippen LogP contribution in [-0.2, 0) is 25.6 Å². The van der Waals surface area contributed by atoms with Gasteiger partial charge in [0.25, 0.3) is 0 Å². The molecule has 6 heteroatoms. The van der Waals surface area contributed by atoms with Crippen LogP contribution in [0, 0.1) is 28.6 Å². The number of allylic oxidation sites excluding steroid dienone is 2. The van der Waals surface area contributed by atoms with Crippen molar-refractivity contribution in [1.29, 1.82) is 0 Å². The van der Waals surface area contributed by atoms with Crippen LogP contribution in [-0.4, -0.2) is 35.6 Å². The van der Waals surface area contributed by atoms with E-state index in [1.807, 2.05) is 29.2 Å². The number of halogens is 1. The van der Waals surface area contributed by atoms with E-state index in [9.17, 15) is 9.59 Å². The van der Waals surface area contributed by atoms with Gasteiger partial charge in [-0.25, -0.2) is 0 Å². The number of benzene rings is 1. The summed E-state index contributed by atoms with van der Waals surface area (Å²) >= 11 is 6.06. The first kappa shape index (κ1) is 21.8. The molecule has 33 heavy (non-hydrogen) atoms. The number of Topliss-reactive ketones (excluding diaryl/α,β-unsaturated/α-hetero) is 1. The standard InChI is InChI=1S/C27H32ClNO4/c1-25-11-10-23(31)29(16-17-3-5-18(28)6-4-17)22(25)8-7-19-20-9-12-27(32-13-14-33-27)26(20,2)15-21(30)24(19)25/h3-6,8,19-20,24H,7,9-16H2,1-2H3/t19-,20-,24+,25-,26-/m0/s1. The molecule has 0 aromatic heterocycles. The van der Waals surface area contributed by atoms with Crippen molar-refractivity contribution in [3.05, 3.63) is 46.6 Å². The molecule has 0 radical (unpaired) electrons. The quantitative estimate of drug-likeness (QED) is 0.603. The van der Waals surface area contributed by atoms with E-state index in [4.69, 9.17) is 21.1 Å². The van der Waals surface area contributed by atoms with Gasteiger partial charge in [0.15, 0.2) is 5.79 Å². The average Bonchev–Trinajstić information content (AvgIpc) is 3.37. The number of hydrogen-bond donors (Lipinski definition) is 0. The molecule has 2 saturated carbocycles. The lowest BCUT2D eigenvalue weighted by molar-refractivity contribution is -0.238. The lowest BCUT2D eigenvalue weighted by Crippen LogP contribution is -2.60. The van der Waals surface area contributed by atoms with Crippen molar-refractivity contribution in [2.75, 3.05) is 13.2 Å². The van der Waals surface area contributed by atoms with E-state index in [-0.39, 0.29) is 28.6 Å². The number of ketones is 1. The van der Waals surface area contributed by atoms with Crippen molar-refractivity contribution < 1.29 is 19.1 Å². The van der Waals surface area contributed by atoms with Gasteiger partial charge < -0.3 is 14.4 Å². The Morgan fingerprint density at radius 1 is 1.09 bits per heavy atom. The summed E-state index contributed by atoms with van der Waals surface area (Å²) in [5.74, 6) is 0.513. The SMILES string of the molecule is C[C@]12CCC(=O)N(Cc3ccc(Cl)cc3)C1=CC[C@@H]1[C@@H]2C(=O)C[C@@]2(C)[C@H]1CCC21OCCO1. The summed E-state index contributed by atoms with van der Waals surface area (Å²) in [6, 6.07) is 7.68. The normalized spacial score (nSPS) is 39.3. The zero-order valence-corrected chi connectivity index (χ0v) is 20.2. The summed E-state index contributed by atoms with van der Waals surface area (Å²) in [6.45, 7) is 6.21. The highest BCUT2D eigenvalue weighted by molar-refractivity contribution is 6.30. The number of carbonyl (C=O) groups excluding carboxylic acids is 2. The fourth-order valence-electron chi connectivity index (χ4n) is 8.11. The van der Waals surface area contributed by atoms with E-state index < -0.39 is 5.79 Å². The molecule has 2 heterocycles. The number of nitrogens with zero attached hydrogens (tertiary/aromatic N) is 1. The molecule has 1 aromatic rings. The van der Waals surface area contributed by atoms with Crippen LogP contribution in [0.25, 0.3) is 0 Å². The molecule has 176 valence electrons. The monoisotopic (exact) mass is 469 g/mol. The number of rotatable bonds is 2. The van der Waals surface area contributed by atoms with Gasteiger partial charge in [0.05, 0.1) is 19.8 Å². The first-order chi connectivity index (χ1) is 15.8. The highest BCUT2D eigenvalue weighted by Crippen LogP contribution is 2.67. The van der Waals surface area contributed by atoms with Gasteiger partial charge in [-0.15, -0.1) is 0 Å². The summed E-state index contributed by atoms with van der Waals surface area (Å²) in [6.07, 6.45) is 6.75. The first-order valence-corrected chi connectivity index (χ1v) is 12.7. The van der Waals surface area contributed by atoms with Crippen molar-refractivity contribution >= 4 is 23.3 Å². The van der Waals surface area contributed by atoms with Crippen LogP contribution >= 0.6 is 11.6 Å². The minimum absolute atomic E-state index is 0.0482. The Kier molecular flexibility index (Phi) is 4.89. The van der Waals surface area contributed by atoms with E-state index in [1.165, 1.54) is 0 Å². The van der Waals surface area contributed by atoms with Crippen molar-refractivity contribution in [3.63, 3.8) is 0 Å². The molecule has 5 atom stereocenters. The van der Waals surface area contributed by atoms with Crippen LogP contribution in [0.5, 0.6) is 0 Å². The summed E-state index contributed by atoms with van der Waals surface area (Å²) < 4.78 is 12.4. The Morgan fingerprint density at radius 2 is 1.82 bits per heavy atom. The van der Waals surface area contributed by atoms with Crippen LogP contribution in [0.4, 0.5) is 0 Å². The van der Waals surface area contributed by atoms with Crippen molar-refractivity contribution in [2.24, 2.45) is 28.6 Å². The molecular weight excluding hydrogens is 438 g/mol. The molecule has 4 fully saturated rings. The molecular formula is C27H32ClNO4. The van der Waals surface area contributed by atoms with Crippen LogP contribution in [0.1, 0.15) is 57.9 Å². The van der Waals surface area contributed by atoms with Crippen LogP contribution in [0.15, 0.2) is 36.0 Å². The molecule has 1 spiro atoms. The van der Waals surface area contributed by atoms with Crippen molar-refractivity contribution in [1.82, 2.24) is 4.90 Å². The minimum atomic E-state index is -0.591. The molecule has 3 aliphatic carbocycles. The van der Waals surface area contributed by atoms with Gasteiger partial charge in [-0.2, -0.15) is 0 Å². The number of likely N-dealkylation sites (tertiary alicyclic amines) is 1. The maximum absolute atomic E-state index is 13.9. The second-order valence-electron chi connectivity index (χ2n) is 11.1. The zero-order chi connectivity index (χ0) is 23.0. The topological polar surface area (TPSA) is 55.8 Å². The molecule has 2 aliphatic heterocycles. The van der Waals surface area contributed by atoms with Gasteiger partial charge in [0.1, 0.15) is 5.78 Å². The first-order valence-electron chi connectivity index (χ1n) is 12.3. The number of amides is 1. The van der Waals surface area contributed by atoms with E-state index in [1.54, 1.807) is 0 Å². The minimum Gasteiger partial charge on any atom is -0.347 e. The van der Waals surface area contributed by atoms with Crippen molar-refractivity contribution in [2.45, 2.75) is 64.7 Å². The molecule has 1 aromatic carbocycles. The molecule has 0 bridgehead atoms. The number of piperidine rings is 1. The third-order valence-electron chi connectivity index (χ3n) is 9.62. The highest BCUT2D eigenvalue weighted by Gasteiger charge is 2.69. The third kappa shape index (κ3) is 2.98. The number of fused-ring (bicyclic) bond motifs is 6. The number of hydrogen-bond acceptors (Lipinski definition) is 4. The summed E-state index contributed by atoms with van der Waals surface area (Å²) in [5.41, 5.74) is 1.52. The van der Waals surface area contributed by atoms with Crippen LogP contribution < -0.4 is 0 Å². The maximum atomic E-state index is 13.9.